The van der Waals surface area contributed by atoms with Gasteiger partial charge in [-0.05, 0) is 87.5 Å². The van der Waals surface area contributed by atoms with Crippen LogP contribution in [0.1, 0.15) is 27.8 Å². The Morgan fingerprint density at radius 3 is 1.61 bits per heavy atom. The monoisotopic (exact) mass is 596 g/mol. The first-order chi connectivity index (χ1) is 17.6. The number of aliphatic hydroxyl groups is 1. The molecule has 0 amide bonds. The first-order valence-electron chi connectivity index (χ1n) is 11.7. The molecule has 1 aliphatic rings. The molecule has 0 saturated heterocycles. The molecule has 176 valence electrons. The zero-order valence-corrected chi connectivity index (χ0v) is 22.5. The van der Waals surface area contributed by atoms with Crippen LogP contribution >= 0.6 is 31.9 Å². The third-order valence-corrected chi connectivity index (χ3v) is 7.88. The maximum absolute atomic E-state index is 9.30. The van der Waals surface area contributed by atoms with Crippen LogP contribution in [0.25, 0.3) is 11.1 Å². The maximum Gasteiger partial charge on any atom is 0.127 e. The summed E-state index contributed by atoms with van der Waals surface area (Å²) in [7, 11) is 0. The van der Waals surface area contributed by atoms with Crippen LogP contribution in [-0.2, 0) is 12.0 Å². The van der Waals surface area contributed by atoms with Crippen LogP contribution in [0.15, 0.2) is 124 Å². The van der Waals surface area contributed by atoms with E-state index in [1.807, 2.05) is 36.4 Å². The zero-order valence-electron chi connectivity index (χ0n) is 19.3. The lowest BCUT2D eigenvalue weighted by molar-refractivity contribution is 0.281. The van der Waals surface area contributed by atoms with Gasteiger partial charge in [0.1, 0.15) is 11.5 Å². The van der Waals surface area contributed by atoms with Crippen LogP contribution in [0.4, 0.5) is 0 Å². The maximum atomic E-state index is 9.30. The normalized spacial score (nSPS) is 13.2. The summed E-state index contributed by atoms with van der Waals surface area (Å²) in [6.45, 7) is 0.0196. The highest BCUT2D eigenvalue weighted by Gasteiger charge is 2.46. The number of ether oxygens (including phenoxy) is 1. The number of halogens is 2. The predicted octanol–water partition coefficient (Wildman–Crippen LogP) is 8.86. The molecule has 0 heterocycles. The van der Waals surface area contributed by atoms with E-state index < -0.39 is 5.41 Å². The van der Waals surface area contributed by atoms with Gasteiger partial charge in [0.2, 0.25) is 0 Å². The van der Waals surface area contributed by atoms with Gasteiger partial charge in [0, 0.05) is 8.95 Å². The van der Waals surface area contributed by atoms with E-state index in [-0.39, 0.29) is 6.61 Å². The third-order valence-electron chi connectivity index (χ3n) is 6.90. The van der Waals surface area contributed by atoms with E-state index in [1.165, 1.54) is 33.4 Å². The summed E-state index contributed by atoms with van der Waals surface area (Å²) in [6.07, 6.45) is 0. The Hall–Kier alpha value is -3.18. The lowest BCUT2D eigenvalue weighted by atomic mass is 9.68. The molecule has 1 aliphatic carbocycles. The molecule has 0 atom stereocenters. The molecular formula is C32H22Br2O2. The summed E-state index contributed by atoms with van der Waals surface area (Å²) in [5, 5.41) is 9.30. The minimum Gasteiger partial charge on any atom is -0.457 e. The van der Waals surface area contributed by atoms with E-state index in [0.717, 1.165) is 26.0 Å². The van der Waals surface area contributed by atoms with Crippen molar-refractivity contribution >= 4 is 31.9 Å². The van der Waals surface area contributed by atoms with Crippen molar-refractivity contribution in [3.05, 3.63) is 152 Å². The van der Waals surface area contributed by atoms with Gasteiger partial charge in [0.15, 0.2) is 0 Å². The van der Waals surface area contributed by atoms with Crippen molar-refractivity contribution < 1.29 is 9.84 Å². The number of rotatable bonds is 5. The first kappa shape index (κ1) is 23.2. The summed E-state index contributed by atoms with van der Waals surface area (Å²) in [4.78, 5) is 0. The molecular weight excluding hydrogens is 576 g/mol. The van der Waals surface area contributed by atoms with Gasteiger partial charge in [-0.3, -0.25) is 0 Å². The van der Waals surface area contributed by atoms with Crippen molar-refractivity contribution in [2.45, 2.75) is 12.0 Å². The fraction of sp³-hybridized carbons (Fsp3) is 0.0625. The molecule has 0 fully saturated rings. The number of hydrogen-bond donors (Lipinski definition) is 1. The molecule has 6 rings (SSSR count). The smallest absolute Gasteiger partial charge is 0.127 e. The predicted molar refractivity (Wildman–Crippen MR) is 152 cm³/mol. The average molecular weight is 598 g/mol. The van der Waals surface area contributed by atoms with Crippen molar-refractivity contribution in [1.82, 2.24) is 0 Å². The van der Waals surface area contributed by atoms with Crippen molar-refractivity contribution in [1.29, 1.82) is 0 Å². The van der Waals surface area contributed by atoms with Gasteiger partial charge in [-0.1, -0.05) is 98.6 Å². The van der Waals surface area contributed by atoms with Gasteiger partial charge in [0.05, 0.1) is 12.0 Å². The van der Waals surface area contributed by atoms with E-state index in [4.69, 9.17) is 4.74 Å². The lowest BCUT2D eigenvalue weighted by Gasteiger charge is -2.34. The molecule has 0 radical (unpaired) electrons. The number of fused-ring (bicyclic) bond motifs is 3. The Bertz CT molecular complexity index is 1490. The van der Waals surface area contributed by atoms with E-state index in [0.29, 0.717) is 0 Å². The molecule has 0 bridgehead atoms. The third kappa shape index (κ3) is 3.81. The van der Waals surface area contributed by atoms with Crippen LogP contribution in [0.3, 0.4) is 0 Å². The standard InChI is InChI=1S/C32H22Br2O2/c33-24-10-16-28-29-17-11-25(34)19-31(29)32(30(28)18-24,22-4-2-1-3-5-22)23-8-14-27(15-9-23)36-26-12-6-21(20-35)7-13-26/h1-19,35H,20H2. The van der Waals surface area contributed by atoms with Crippen molar-refractivity contribution in [3.8, 4) is 22.6 Å². The lowest BCUT2D eigenvalue weighted by Crippen LogP contribution is -2.28. The van der Waals surface area contributed by atoms with E-state index in [1.54, 1.807) is 0 Å². The van der Waals surface area contributed by atoms with Gasteiger partial charge in [-0.2, -0.15) is 0 Å². The van der Waals surface area contributed by atoms with Gasteiger partial charge < -0.3 is 9.84 Å². The highest BCUT2D eigenvalue weighted by molar-refractivity contribution is 9.10. The van der Waals surface area contributed by atoms with Crippen LogP contribution in [0.5, 0.6) is 11.5 Å². The van der Waals surface area contributed by atoms with Crippen molar-refractivity contribution in [2.24, 2.45) is 0 Å². The molecule has 5 aromatic rings. The minimum absolute atomic E-state index is 0.0196. The van der Waals surface area contributed by atoms with Crippen molar-refractivity contribution in [2.75, 3.05) is 0 Å². The Morgan fingerprint density at radius 1 is 0.583 bits per heavy atom. The second kappa shape index (κ2) is 9.36. The summed E-state index contributed by atoms with van der Waals surface area (Å²) in [6, 6.07) is 39.8. The first-order valence-corrected chi connectivity index (χ1v) is 13.3. The molecule has 0 unspecified atom stereocenters. The van der Waals surface area contributed by atoms with E-state index >= 15 is 0 Å². The van der Waals surface area contributed by atoms with E-state index in [2.05, 4.69) is 111 Å². The average Bonchev–Trinajstić information content (AvgIpc) is 3.19. The molecule has 4 heteroatoms. The zero-order chi connectivity index (χ0) is 24.7. The summed E-state index contributed by atoms with van der Waals surface area (Å²) in [5.74, 6) is 1.50. The van der Waals surface area contributed by atoms with Crippen LogP contribution in [0.2, 0.25) is 0 Å². The minimum atomic E-state index is -0.471. The molecule has 1 N–H and O–H groups in total. The fourth-order valence-electron chi connectivity index (χ4n) is 5.32. The quantitative estimate of drug-likeness (QED) is 0.215. The Balaban J connectivity index is 1.53. The van der Waals surface area contributed by atoms with Gasteiger partial charge in [0.25, 0.3) is 0 Å². The van der Waals surface area contributed by atoms with E-state index in [9.17, 15) is 5.11 Å². The molecule has 36 heavy (non-hydrogen) atoms. The topological polar surface area (TPSA) is 29.5 Å². The number of benzene rings is 5. The Morgan fingerprint density at radius 2 is 1.08 bits per heavy atom. The summed E-state index contributed by atoms with van der Waals surface area (Å²) in [5.41, 5.74) is 7.78. The second-order valence-electron chi connectivity index (χ2n) is 8.92. The van der Waals surface area contributed by atoms with Crippen LogP contribution in [0, 0.1) is 0 Å². The number of aliphatic hydroxyl groups excluding tert-OH is 1. The summed E-state index contributed by atoms with van der Waals surface area (Å²) < 4.78 is 8.23. The fourth-order valence-corrected chi connectivity index (χ4v) is 6.04. The van der Waals surface area contributed by atoms with Gasteiger partial charge >= 0.3 is 0 Å². The van der Waals surface area contributed by atoms with Gasteiger partial charge in [-0.25, -0.2) is 0 Å². The van der Waals surface area contributed by atoms with Crippen molar-refractivity contribution in [3.63, 3.8) is 0 Å². The SMILES string of the molecule is OCc1ccc(Oc2ccc(C3(c4ccccc4)c4cc(Br)ccc4-c4ccc(Br)cc43)cc2)cc1. The van der Waals surface area contributed by atoms with Gasteiger partial charge in [-0.15, -0.1) is 0 Å². The largest absolute Gasteiger partial charge is 0.457 e. The second-order valence-corrected chi connectivity index (χ2v) is 10.8. The Labute approximate surface area is 227 Å². The molecule has 2 nitrogen and oxygen atoms in total. The molecule has 0 saturated carbocycles. The molecule has 0 spiro atoms. The molecule has 0 aliphatic heterocycles. The Kier molecular flexibility index (Phi) is 6.04. The molecule has 5 aromatic carbocycles. The molecule has 0 aromatic heterocycles. The van der Waals surface area contributed by atoms with Crippen LogP contribution in [-0.4, -0.2) is 5.11 Å². The van der Waals surface area contributed by atoms with Crippen LogP contribution < -0.4 is 4.74 Å². The summed E-state index contributed by atoms with van der Waals surface area (Å²) >= 11 is 7.47. The highest BCUT2D eigenvalue weighted by atomic mass is 79.9. The number of hydrogen-bond acceptors (Lipinski definition) is 2. The highest BCUT2D eigenvalue weighted by Crippen LogP contribution is 2.57.